The highest BCUT2D eigenvalue weighted by atomic mass is 79.9. The molecule has 4 rings (SSSR count). The Balaban J connectivity index is 1.66. The Labute approximate surface area is 223 Å². The van der Waals surface area contributed by atoms with Crippen molar-refractivity contribution in [2.75, 3.05) is 6.61 Å². The smallest absolute Gasteiger partial charge is 0.338 e. The topological polar surface area (TPSA) is 51.1 Å². The van der Waals surface area contributed by atoms with Crippen LogP contribution < -0.4 is 4.74 Å². The van der Waals surface area contributed by atoms with Crippen LogP contribution in [0.1, 0.15) is 31.0 Å². The van der Waals surface area contributed by atoms with E-state index in [2.05, 4.69) is 36.9 Å². The van der Waals surface area contributed by atoms with Crippen LogP contribution in [-0.2, 0) is 16.1 Å². The summed E-state index contributed by atoms with van der Waals surface area (Å²) >= 11 is 20.9. The molecule has 0 aromatic heterocycles. The molecule has 0 unspecified atom stereocenters. The van der Waals surface area contributed by atoms with Crippen molar-refractivity contribution in [1.82, 2.24) is 4.90 Å². The van der Waals surface area contributed by atoms with Gasteiger partial charge in [-0.3, -0.25) is 0 Å². The Morgan fingerprint density at radius 2 is 1.91 bits per heavy atom. The van der Waals surface area contributed by atoms with Crippen molar-refractivity contribution >= 4 is 78.0 Å². The number of hydrogen-bond acceptors (Lipinski definition) is 6. The molecule has 0 spiro atoms. The summed E-state index contributed by atoms with van der Waals surface area (Å²) in [4.78, 5) is 19.4. The van der Waals surface area contributed by atoms with E-state index in [-0.39, 0.29) is 12.0 Å². The highest BCUT2D eigenvalue weighted by molar-refractivity contribution is 9.11. The zero-order valence-electron chi connectivity index (χ0n) is 17.6. The van der Waals surface area contributed by atoms with Crippen molar-refractivity contribution in [2.24, 2.45) is 4.99 Å². The second-order valence-corrected chi connectivity index (χ2v) is 10.6. The van der Waals surface area contributed by atoms with Gasteiger partial charge in [0.2, 0.25) is 0 Å². The van der Waals surface area contributed by atoms with Gasteiger partial charge in [0.05, 0.1) is 42.9 Å². The van der Waals surface area contributed by atoms with Gasteiger partial charge in [-0.05, 0) is 86.5 Å². The van der Waals surface area contributed by atoms with E-state index in [1.165, 1.54) is 11.8 Å². The normalized spacial score (nSPS) is 17.2. The van der Waals surface area contributed by atoms with Crippen LogP contribution in [0.2, 0.25) is 10.0 Å². The largest absolute Gasteiger partial charge is 0.487 e. The average molecular weight is 633 g/mol. The maximum atomic E-state index is 12.9. The predicted octanol–water partition coefficient (Wildman–Crippen LogP) is 7.87. The van der Waals surface area contributed by atoms with Gasteiger partial charge < -0.3 is 14.4 Å². The lowest BCUT2D eigenvalue weighted by Crippen LogP contribution is -2.34. The zero-order chi connectivity index (χ0) is 23.7. The lowest BCUT2D eigenvalue weighted by molar-refractivity contribution is -0.139. The first-order valence-electron chi connectivity index (χ1n) is 9.94. The molecule has 0 saturated heterocycles. The van der Waals surface area contributed by atoms with E-state index in [4.69, 9.17) is 32.7 Å². The van der Waals surface area contributed by atoms with Crippen LogP contribution in [0.25, 0.3) is 0 Å². The SMILES string of the molecule is CCOC(=O)C1=C(C)N=C2SC=CN2[C@@H]1c1cc(Br)c(OCc2ccc(Cl)c(Cl)c2)c(Br)c1. The number of esters is 1. The van der Waals surface area contributed by atoms with Crippen LogP contribution in [0, 0.1) is 0 Å². The molecule has 10 heteroatoms. The highest BCUT2D eigenvalue weighted by Gasteiger charge is 2.38. The van der Waals surface area contributed by atoms with Gasteiger partial charge in [0.25, 0.3) is 0 Å². The van der Waals surface area contributed by atoms with Crippen molar-refractivity contribution in [1.29, 1.82) is 0 Å². The lowest BCUT2D eigenvalue weighted by Gasteiger charge is -2.33. The van der Waals surface area contributed by atoms with E-state index >= 15 is 0 Å². The van der Waals surface area contributed by atoms with Crippen molar-refractivity contribution in [3.8, 4) is 5.75 Å². The molecule has 2 heterocycles. The standard InChI is InChI=1S/C23H18Br2Cl2N2O3S/c1-3-31-22(30)19-12(2)28-23-29(6-7-33-23)20(19)14-9-15(24)21(16(25)10-14)32-11-13-4-5-17(26)18(27)8-13/h4-10,20H,3,11H2,1-2H3/t20-/m1/s1. The summed E-state index contributed by atoms with van der Waals surface area (Å²) < 4.78 is 12.9. The van der Waals surface area contributed by atoms with Gasteiger partial charge in [-0.15, -0.1) is 0 Å². The number of rotatable bonds is 6. The first-order chi connectivity index (χ1) is 15.8. The molecular weight excluding hydrogens is 615 g/mol. The summed E-state index contributed by atoms with van der Waals surface area (Å²) in [6.07, 6.45) is 1.93. The van der Waals surface area contributed by atoms with Gasteiger partial charge in [-0.1, -0.05) is 41.0 Å². The third kappa shape index (κ3) is 5.15. The maximum absolute atomic E-state index is 12.9. The maximum Gasteiger partial charge on any atom is 0.338 e. The van der Waals surface area contributed by atoms with Crippen LogP contribution >= 0.6 is 66.8 Å². The van der Waals surface area contributed by atoms with Crippen molar-refractivity contribution in [3.05, 3.63) is 83.3 Å². The van der Waals surface area contributed by atoms with Crippen LogP contribution in [0.4, 0.5) is 0 Å². The van der Waals surface area contributed by atoms with Gasteiger partial charge in [0.1, 0.15) is 12.4 Å². The van der Waals surface area contributed by atoms with E-state index in [9.17, 15) is 4.79 Å². The number of amidine groups is 1. The summed E-state index contributed by atoms with van der Waals surface area (Å²) in [5.41, 5.74) is 2.93. The van der Waals surface area contributed by atoms with E-state index in [0.717, 1.165) is 25.2 Å². The number of carbonyl (C=O) groups is 1. The summed E-state index contributed by atoms with van der Waals surface area (Å²) in [7, 11) is 0. The molecule has 2 aliphatic heterocycles. The Bertz CT molecular complexity index is 1190. The molecule has 0 amide bonds. The van der Waals surface area contributed by atoms with Crippen LogP contribution in [0.5, 0.6) is 5.75 Å². The van der Waals surface area contributed by atoms with Gasteiger partial charge in [-0.2, -0.15) is 0 Å². The Morgan fingerprint density at radius 3 is 2.58 bits per heavy atom. The first kappa shape index (κ1) is 24.7. The minimum Gasteiger partial charge on any atom is -0.487 e. The number of allylic oxidation sites excluding steroid dienone is 1. The van der Waals surface area contributed by atoms with Crippen LogP contribution in [-0.4, -0.2) is 22.6 Å². The summed E-state index contributed by atoms with van der Waals surface area (Å²) in [6.45, 7) is 4.23. The molecule has 2 aromatic carbocycles. The molecule has 172 valence electrons. The molecule has 0 fully saturated rings. The number of hydrogen-bond donors (Lipinski definition) is 0. The Morgan fingerprint density at radius 1 is 1.18 bits per heavy atom. The van der Waals surface area contributed by atoms with Crippen molar-refractivity contribution < 1.29 is 14.3 Å². The van der Waals surface area contributed by atoms with Gasteiger partial charge in [0.15, 0.2) is 5.17 Å². The lowest BCUT2D eigenvalue weighted by atomic mass is 9.95. The summed E-state index contributed by atoms with van der Waals surface area (Å²) in [5, 5.41) is 3.74. The van der Waals surface area contributed by atoms with Crippen molar-refractivity contribution in [2.45, 2.75) is 26.5 Å². The van der Waals surface area contributed by atoms with Gasteiger partial charge in [0, 0.05) is 6.20 Å². The molecule has 2 aliphatic rings. The molecule has 0 bridgehead atoms. The van der Waals surface area contributed by atoms with Gasteiger partial charge in [-0.25, -0.2) is 9.79 Å². The Hall–Kier alpha value is -1.45. The fraction of sp³-hybridized carbons (Fsp3) is 0.217. The number of thioether (sulfide) groups is 1. The fourth-order valence-electron chi connectivity index (χ4n) is 3.56. The predicted molar refractivity (Wildman–Crippen MR) is 141 cm³/mol. The fourth-order valence-corrected chi connectivity index (χ4v) is 6.12. The third-order valence-electron chi connectivity index (χ3n) is 5.02. The van der Waals surface area contributed by atoms with E-state index in [0.29, 0.717) is 40.3 Å². The third-order valence-corrected chi connectivity index (χ3v) is 7.71. The number of aliphatic imine (C=N–C) groups is 1. The summed E-state index contributed by atoms with van der Waals surface area (Å²) in [6, 6.07) is 8.91. The first-order valence-corrected chi connectivity index (χ1v) is 13.2. The number of ether oxygens (including phenoxy) is 2. The van der Waals surface area contributed by atoms with Crippen molar-refractivity contribution in [3.63, 3.8) is 0 Å². The van der Waals surface area contributed by atoms with Gasteiger partial charge >= 0.3 is 5.97 Å². The molecule has 2 aromatic rings. The number of halogens is 4. The monoisotopic (exact) mass is 630 g/mol. The highest BCUT2D eigenvalue weighted by Crippen LogP contribution is 2.44. The molecular formula is C23H18Br2Cl2N2O3S. The number of carbonyl (C=O) groups excluding carboxylic acids is 1. The second-order valence-electron chi connectivity index (χ2n) is 7.18. The summed E-state index contributed by atoms with van der Waals surface area (Å²) in [5.74, 6) is 0.263. The minimum absolute atomic E-state index is 0.290. The molecule has 0 saturated carbocycles. The Kier molecular flexibility index (Phi) is 7.80. The molecule has 5 nitrogen and oxygen atoms in total. The number of fused-ring (bicyclic) bond motifs is 1. The number of benzene rings is 2. The van der Waals surface area contributed by atoms with Crippen LogP contribution in [0.3, 0.4) is 0 Å². The molecule has 0 aliphatic carbocycles. The van der Waals surface area contributed by atoms with E-state index in [1.807, 2.05) is 41.6 Å². The molecule has 1 atom stereocenters. The molecule has 0 N–H and O–H groups in total. The van der Waals surface area contributed by atoms with E-state index < -0.39 is 0 Å². The molecule has 33 heavy (non-hydrogen) atoms. The second kappa shape index (κ2) is 10.4. The van der Waals surface area contributed by atoms with Crippen LogP contribution in [0.15, 0.2) is 67.1 Å². The quantitative estimate of drug-likeness (QED) is 0.304. The van der Waals surface area contributed by atoms with E-state index in [1.54, 1.807) is 19.1 Å². The average Bonchev–Trinajstić information content (AvgIpc) is 3.22. The zero-order valence-corrected chi connectivity index (χ0v) is 23.1. The minimum atomic E-state index is -0.375. The molecule has 0 radical (unpaired) electrons. The number of nitrogens with zero attached hydrogens (tertiary/aromatic N) is 2.